The van der Waals surface area contributed by atoms with Crippen LogP contribution in [-0.2, 0) is 0 Å². The molecule has 0 aliphatic rings. The number of halogens is 1. The SMILES string of the molecule is CC=CCCC.CCCCCCl. The summed E-state index contributed by atoms with van der Waals surface area (Å²) < 4.78 is 0. The molecule has 0 amide bonds. The molecule has 0 bridgehead atoms. The van der Waals surface area contributed by atoms with Gasteiger partial charge in [-0.3, -0.25) is 0 Å². The molecule has 12 heavy (non-hydrogen) atoms. The molecule has 0 nitrogen and oxygen atoms in total. The summed E-state index contributed by atoms with van der Waals surface area (Å²) in [6.07, 6.45) is 10.5. The van der Waals surface area contributed by atoms with E-state index in [0.717, 1.165) is 5.88 Å². The fourth-order valence-corrected chi connectivity index (χ4v) is 0.867. The van der Waals surface area contributed by atoms with E-state index in [1.807, 2.05) is 0 Å². The van der Waals surface area contributed by atoms with Gasteiger partial charge in [0.1, 0.15) is 0 Å². The molecule has 0 aromatic heterocycles. The molecule has 0 spiro atoms. The highest BCUT2D eigenvalue weighted by atomic mass is 35.5. The minimum absolute atomic E-state index is 0.827. The van der Waals surface area contributed by atoms with E-state index in [0.29, 0.717) is 0 Å². The average molecular weight is 191 g/mol. The standard InChI is InChI=1S/C6H12.C5H11Cl/c1-3-5-6-4-2;1-2-3-4-5-6/h3,5H,4,6H2,1-2H3;2-5H2,1H3. The predicted molar refractivity (Wildman–Crippen MR) is 60.0 cm³/mol. The Morgan fingerprint density at radius 2 is 1.75 bits per heavy atom. The molecule has 0 aromatic rings. The molecule has 0 saturated carbocycles. The lowest BCUT2D eigenvalue weighted by Gasteiger charge is -1.84. The van der Waals surface area contributed by atoms with Crippen molar-refractivity contribution in [1.29, 1.82) is 0 Å². The van der Waals surface area contributed by atoms with Crippen LogP contribution in [0.3, 0.4) is 0 Å². The fraction of sp³-hybridized carbons (Fsp3) is 0.818. The Hall–Kier alpha value is 0.0300. The Morgan fingerprint density at radius 3 is 1.92 bits per heavy atom. The van der Waals surface area contributed by atoms with Crippen LogP contribution in [0.5, 0.6) is 0 Å². The summed E-state index contributed by atoms with van der Waals surface area (Å²) in [6.45, 7) is 6.40. The maximum absolute atomic E-state index is 5.38. The van der Waals surface area contributed by atoms with Crippen LogP contribution in [0.25, 0.3) is 0 Å². The first-order chi connectivity index (χ1) is 5.83. The van der Waals surface area contributed by atoms with Gasteiger partial charge in [-0.05, 0) is 19.8 Å². The van der Waals surface area contributed by atoms with Crippen molar-refractivity contribution >= 4 is 11.6 Å². The van der Waals surface area contributed by atoms with Crippen molar-refractivity contribution in [2.75, 3.05) is 5.88 Å². The van der Waals surface area contributed by atoms with E-state index in [4.69, 9.17) is 11.6 Å². The van der Waals surface area contributed by atoms with Crippen LogP contribution in [0.4, 0.5) is 0 Å². The minimum atomic E-state index is 0.827. The van der Waals surface area contributed by atoms with E-state index in [-0.39, 0.29) is 0 Å². The Kier molecular flexibility index (Phi) is 20.9. The molecule has 0 heterocycles. The van der Waals surface area contributed by atoms with Gasteiger partial charge >= 0.3 is 0 Å². The first-order valence-electron chi connectivity index (χ1n) is 5.00. The van der Waals surface area contributed by atoms with Crippen molar-refractivity contribution in [1.82, 2.24) is 0 Å². The second-order valence-electron chi connectivity index (χ2n) is 2.75. The topological polar surface area (TPSA) is 0 Å². The van der Waals surface area contributed by atoms with Crippen LogP contribution in [0, 0.1) is 0 Å². The van der Waals surface area contributed by atoms with Gasteiger partial charge in [0, 0.05) is 5.88 Å². The Bertz CT molecular complexity index is 73.1. The molecule has 0 N–H and O–H groups in total. The number of rotatable bonds is 5. The summed E-state index contributed by atoms with van der Waals surface area (Å²) >= 11 is 5.38. The van der Waals surface area contributed by atoms with Gasteiger partial charge < -0.3 is 0 Å². The molecule has 0 radical (unpaired) electrons. The van der Waals surface area contributed by atoms with E-state index in [9.17, 15) is 0 Å². The number of hydrogen-bond acceptors (Lipinski definition) is 0. The largest absolute Gasteiger partial charge is 0.127 e. The van der Waals surface area contributed by atoms with Gasteiger partial charge in [-0.15, -0.1) is 11.6 Å². The summed E-state index contributed by atoms with van der Waals surface area (Å²) in [5.41, 5.74) is 0. The third kappa shape index (κ3) is 22.5. The molecule has 0 aliphatic carbocycles. The highest BCUT2D eigenvalue weighted by Gasteiger charge is 1.76. The molecule has 0 atom stereocenters. The zero-order valence-electron chi connectivity index (χ0n) is 8.78. The van der Waals surface area contributed by atoms with Gasteiger partial charge in [0.25, 0.3) is 0 Å². The number of hydrogen-bond donors (Lipinski definition) is 0. The van der Waals surface area contributed by atoms with E-state index < -0.39 is 0 Å². The lowest BCUT2D eigenvalue weighted by molar-refractivity contribution is 0.776. The van der Waals surface area contributed by atoms with Crippen LogP contribution in [0.2, 0.25) is 0 Å². The number of alkyl halides is 1. The van der Waals surface area contributed by atoms with Crippen molar-refractivity contribution in [2.45, 2.75) is 52.9 Å². The second kappa shape index (κ2) is 17.2. The molecule has 0 aromatic carbocycles. The molecule has 1 heteroatoms. The van der Waals surface area contributed by atoms with E-state index >= 15 is 0 Å². The fourth-order valence-electron chi connectivity index (χ4n) is 0.678. The maximum Gasteiger partial charge on any atom is 0.0223 e. The van der Waals surface area contributed by atoms with Crippen LogP contribution in [-0.4, -0.2) is 5.88 Å². The van der Waals surface area contributed by atoms with Crippen LogP contribution >= 0.6 is 11.6 Å². The summed E-state index contributed by atoms with van der Waals surface area (Å²) in [5.74, 6) is 0.827. The van der Waals surface area contributed by atoms with Crippen molar-refractivity contribution in [3.8, 4) is 0 Å². The molecular weight excluding hydrogens is 168 g/mol. The summed E-state index contributed by atoms with van der Waals surface area (Å²) in [5, 5.41) is 0. The monoisotopic (exact) mass is 190 g/mol. The van der Waals surface area contributed by atoms with E-state index in [1.165, 1.54) is 32.1 Å². The zero-order chi connectivity index (χ0) is 9.66. The zero-order valence-corrected chi connectivity index (χ0v) is 9.53. The Morgan fingerprint density at radius 1 is 1.08 bits per heavy atom. The first-order valence-corrected chi connectivity index (χ1v) is 5.53. The lowest BCUT2D eigenvalue weighted by atomic mass is 10.3. The summed E-state index contributed by atoms with van der Waals surface area (Å²) in [7, 11) is 0. The van der Waals surface area contributed by atoms with Crippen molar-refractivity contribution in [2.24, 2.45) is 0 Å². The maximum atomic E-state index is 5.38. The van der Waals surface area contributed by atoms with Gasteiger partial charge in [0.2, 0.25) is 0 Å². The van der Waals surface area contributed by atoms with Crippen molar-refractivity contribution in [3.63, 3.8) is 0 Å². The third-order valence-corrected chi connectivity index (χ3v) is 1.70. The summed E-state index contributed by atoms with van der Waals surface area (Å²) in [4.78, 5) is 0. The smallest absolute Gasteiger partial charge is 0.0223 e. The van der Waals surface area contributed by atoms with Crippen LogP contribution in [0.15, 0.2) is 12.2 Å². The molecule has 0 unspecified atom stereocenters. The van der Waals surface area contributed by atoms with Crippen LogP contribution < -0.4 is 0 Å². The molecule has 74 valence electrons. The third-order valence-electron chi connectivity index (χ3n) is 1.43. The molecule has 0 saturated heterocycles. The molecular formula is C11H23Cl. The second-order valence-corrected chi connectivity index (χ2v) is 3.13. The number of allylic oxidation sites excluding steroid dienone is 2. The summed E-state index contributed by atoms with van der Waals surface area (Å²) in [6, 6.07) is 0. The Balaban J connectivity index is 0. The predicted octanol–water partition coefficient (Wildman–Crippen LogP) is 4.78. The molecule has 0 aliphatic heterocycles. The number of unbranched alkanes of at least 4 members (excludes halogenated alkanes) is 3. The average Bonchev–Trinajstić information content (AvgIpc) is 2.12. The van der Waals surface area contributed by atoms with Gasteiger partial charge in [-0.25, -0.2) is 0 Å². The van der Waals surface area contributed by atoms with Gasteiger partial charge in [-0.2, -0.15) is 0 Å². The molecule has 0 fully saturated rings. The minimum Gasteiger partial charge on any atom is -0.127 e. The first kappa shape index (κ1) is 14.5. The van der Waals surface area contributed by atoms with E-state index in [2.05, 4.69) is 32.9 Å². The highest BCUT2D eigenvalue weighted by molar-refractivity contribution is 6.17. The lowest BCUT2D eigenvalue weighted by Crippen LogP contribution is -1.70. The van der Waals surface area contributed by atoms with Crippen molar-refractivity contribution < 1.29 is 0 Å². The normalized spacial score (nSPS) is 9.67. The van der Waals surface area contributed by atoms with Crippen molar-refractivity contribution in [3.05, 3.63) is 12.2 Å². The van der Waals surface area contributed by atoms with Gasteiger partial charge in [0.05, 0.1) is 0 Å². The quantitative estimate of drug-likeness (QED) is 0.333. The van der Waals surface area contributed by atoms with E-state index in [1.54, 1.807) is 0 Å². The van der Waals surface area contributed by atoms with Gasteiger partial charge in [-0.1, -0.05) is 45.3 Å². The van der Waals surface area contributed by atoms with Crippen LogP contribution in [0.1, 0.15) is 52.9 Å². The van der Waals surface area contributed by atoms with Gasteiger partial charge in [0.15, 0.2) is 0 Å². The highest BCUT2D eigenvalue weighted by Crippen LogP contribution is 1.93. The molecule has 0 rings (SSSR count). The Labute approximate surface area is 83.0 Å².